The van der Waals surface area contributed by atoms with Crippen molar-refractivity contribution in [2.75, 3.05) is 25.4 Å². The number of likely N-dealkylation sites (tertiary alicyclic amines) is 1. The summed E-state index contributed by atoms with van der Waals surface area (Å²) in [4.78, 5) is 36.2. The van der Waals surface area contributed by atoms with Gasteiger partial charge in [0.25, 0.3) is 0 Å². The Labute approximate surface area is 201 Å². The zero-order chi connectivity index (χ0) is 24.4. The predicted molar refractivity (Wildman–Crippen MR) is 133 cm³/mol. The smallest absolute Gasteiger partial charge is 0.335 e. The van der Waals surface area contributed by atoms with Crippen LogP contribution in [0.2, 0.25) is 0 Å². The second kappa shape index (κ2) is 9.44. The largest absolute Gasteiger partial charge is 0.457 e. The van der Waals surface area contributed by atoms with Gasteiger partial charge in [0.1, 0.15) is 23.3 Å². The first kappa shape index (κ1) is 22.4. The second-order valence-electron chi connectivity index (χ2n) is 8.30. The maximum atomic E-state index is 13.7. The van der Waals surface area contributed by atoms with Gasteiger partial charge in [-0.25, -0.2) is 14.8 Å². The minimum Gasteiger partial charge on any atom is -0.457 e. The SMILES string of the molecule is CC#CC(=O)CN1CC[C@@H](n2c(=O)n(-c3ccc(Oc4ccccc4)cc3)c3c(N)ncnc32)C1. The average molecular weight is 469 g/mol. The molecule has 0 saturated carbocycles. The standard InChI is InChI=1S/C26H24N6O3/c1-2-6-20(33)16-30-14-13-19(15-30)32-25-23(24(27)28-17-29-25)31(26(32)34)18-9-11-22(12-10-18)35-21-7-4-3-5-8-21/h3-5,7-12,17,19H,13-16H2,1H3,(H2,27,28,29)/t19-/m1/s1. The van der Waals surface area contributed by atoms with E-state index in [1.54, 1.807) is 35.8 Å². The van der Waals surface area contributed by atoms with E-state index in [0.29, 0.717) is 42.1 Å². The van der Waals surface area contributed by atoms with Crippen LogP contribution in [-0.4, -0.2) is 49.4 Å². The molecule has 1 saturated heterocycles. The molecule has 9 heteroatoms. The van der Waals surface area contributed by atoms with Crippen LogP contribution in [-0.2, 0) is 4.79 Å². The summed E-state index contributed by atoms with van der Waals surface area (Å²) in [5.74, 6) is 6.67. The first-order valence-electron chi connectivity index (χ1n) is 11.3. The molecule has 0 bridgehead atoms. The van der Waals surface area contributed by atoms with E-state index in [9.17, 15) is 9.59 Å². The highest BCUT2D eigenvalue weighted by Crippen LogP contribution is 2.28. The molecule has 0 unspecified atom stereocenters. The number of rotatable bonds is 6. The van der Waals surface area contributed by atoms with Gasteiger partial charge in [0.2, 0.25) is 5.78 Å². The Kier molecular flexibility index (Phi) is 6.04. The zero-order valence-electron chi connectivity index (χ0n) is 19.2. The van der Waals surface area contributed by atoms with Gasteiger partial charge in [0.15, 0.2) is 11.5 Å². The summed E-state index contributed by atoms with van der Waals surface area (Å²) in [6, 6.07) is 16.5. The fourth-order valence-electron chi connectivity index (χ4n) is 4.47. The molecule has 176 valence electrons. The van der Waals surface area contributed by atoms with Crippen LogP contribution in [0.4, 0.5) is 5.82 Å². The fourth-order valence-corrected chi connectivity index (χ4v) is 4.47. The van der Waals surface area contributed by atoms with E-state index in [-0.39, 0.29) is 29.9 Å². The van der Waals surface area contributed by atoms with Crippen molar-refractivity contribution < 1.29 is 9.53 Å². The summed E-state index contributed by atoms with van der Waals surface area (Å²) in [7, 11) is 0. The monoisotopic (exact) mass is 468 g/mol. The Hall–Kier alpha value is -4.42. The van der Waals surface area contributed by atoms with Gasteiger partial charge < -0.3 is 10.5 Å². The molecule has 1 aliphatic heterocycles. The maximum absolute atomic E-state index is 13.7. The molecule has 1 atom stereocenters. The second-order valence-corrected chi connectivity index (χ2v) is 8.30. The molecule has 0 amide bonds. The highest BCUT2D eigenvalue weighted by atomic mass is 16.5. The van der Waals surface area contributed by atoms with Gasteiger partial charge in [-0.05, 0) is 55.7 Å². The summed E-state index contributed by atoms with van der Waals surface area (Å²) < 4.78 is 9.07. The Morgan fingerprint density at radius 2 is 1.86 bits per heavy atom. The first-order chi connectivity index (χ1) is 17.0. The van der Waals surface area contributed by atoms with E-state index >= 15 is 0 Å². The molecule has 2 N–H and O–H groups in total. The lowest BCUT2D eigenvalue weighted by Gasteiger charge is -2.14. The van der Waals surface area contributed by atoms with Gasteiger partial charge >= 0.3 is 5.69 Å². The molecular formula is C26H24N6O3. The number of anilines is 1. The van der Waals surface area contributed by atoms with Crippen LogP contribution in [0.15, 0.2) is 65.7 Å². The van der Waals surface area contributed by atoms with Gasteiger partial charge in [-0.1, -0.05) is 24.1 Å². The number of imidazole rings is 1. The van der Waals surface area contributed by atoms with E-state index in [1.807, 2.05) is 35.2 Å². The molecule has 4 aromatic rings. The van der Waals surface area contributed by atoms with Crippen LogP contribution in [0.5, 0.6) is 11.5 Å². The number of Topliss-reactive ketones (excluding diaryl/α,β-unsaturated/α-hetero) is 1. The average Bonchev–Trinajstić information content (AvgIpc) is 3.42. The normalized spacial score (nSPS) is 15.6. The van der Waals surface area contributed by atoms with Gasteiger partial charge in [-0.3, -0.25) is 18.8 Å². The van der Waals surface area contributed by atoms with Crippen LogP contribution in [0.3, 0.4) is 0 Å². The van der Waals surface area contributed by atoms with Crippen molar-refractivity contribution in [3.63, 3.8) is 0 Å². The Bertz CT molecular complexity index is 1500. The topological polar surface area (TPSA) is 108 Å². The van der Waals surface area contributed by atoms with Crippen molar-refractivity contribution in [2.24, 2.45) is 0 Å². The van der Waals surface area contributed by atoms with Gasteiger partial charge in [0, 0.05) is 13.1 Å². The van der Waals surface area contributed by atoms with Crippen molar-refractivity contribution in [3.05, 3.63) is 71.4 Å². The van der Waals surface area contributed by atoms with Gasteiger partial charge in [-0.15, -0.1) is 0 Å². The summed E-state index contributed by atoms with van der Waals surface area (Å²) in [5, 5.41) is 0. The highest BCUT2D eigenvalue weighted by molar-refractivity contribution is 5.97. The Balaban J connectivity index is 1.49. The number of ether oxygens (including phenoxy) is 1. The van der Waals surface area contributed by atoms with Gasteiger partial charge in [0.05, 0.1) is 18.3 Å². The summed E-state index contributed by atoms with van der Waals surface area (Å²) in [5.41, 5.74) is 7.52. The Morgan fingerprint density at radius 1 is 1.11 bits per heavy atom. The quantitative estimate of drug-likeness (QED) is 0.342. The van der Waals surface area contributed by atoms with Crippen LogP contribution < -0.4 is 16.2 Å². The molecule has 0 radical (unpaired) electrons. The van der Waals surface area contributed by atoms with E-state index in [4.69, 9.17) is 10.5 Å². The third-order valence-electron chi connectivity index (χ3n) is 6.00. The molecule has 9 nitrogen and oxygen atoms in total. The minimum atomic E-state index is -0.254. The number of ketones is 1. The van der Waals surface area contributed by atoms with E-state index in [1.165, 1.54) is 10.9 Å². The zero-order valence-corrected chi connectivity index (χ0v) is 19.2. The third-order valence-corrected chi connectivity index (χ3v) is 6.00. The number of fused-ring (bicyclic) bond motifs is 1. The van der Waals surface area contributed by atoms with Crippen LogP contribution in [0, 0.1) is 11.8 Å². The number of hydrogen-bond acceptors (Lipinski definition) is 7. The first-order valence-corrected chi connectivity index (χ1v) is 11.3. The maximum Gasteiger partial charge on any atom is 0.335 e. The molecule has 2 aromatic carbocycles. The molecule has 2 aromatic heterocycles. The molecule has 0 spiro atoms. The lowest BCUT2D eigenvalue weighted by Crippen LogP contribution is -2.31. The van der Waals surface area contributed by atoms with E-state index in [0.717, 1.165) is 5.75 Å². The summed E-state index contributed by atoms with van der Waals surface area (Å²) >= 11 is 0. The number of carbonyl (C=O) groups excluding carboxylic acids is 1. The molecular weight excluding hydrogens is 444 g/mol. The highest BCUT2D eigenvalue weighted by Gasteiger charge is 2.30. The van der Waals surface area contributed by atoms with Crippen molar-refractivity contribution in [2.45, 2.75) is 19.4 Å². The van der Waals surface area contributed by atoms with E-state index in [2.05, 4.69) is 21.8 Å². The van der Waals surface area contributed by atoms with Gasteiger partial charge in [-0.2, -0.15) is 0 Å². The lowest BCUT2D eigenvalue weighted by molar-refractivity contribution is -0.114. The predicted octanol–water partition coefficient (Wildman–Crippen LogP) is 2.80. The molecule has 35 heavy (non-hydrogen) atoms. The molecule has 1 fully saturated rings. The number of nitrogen functional groups attached to an aromatic ring is 1. The summed E-state index contributed by atoms with van der Waals surface area (Å²) in [6.07, 6.45) is 2.07. The summed E-state index contributed by atoms with van der Waals surface area (Å²) in [6.45, 7) is 3.12. The van der Waals surface area contributed by atoms with Crippen LogP contribution in [0.25, 0.3) is 16.9 Å². The number of benzene rings is 2. The lowest BCUT2D eigenvalue weighted by atomic mass is 10.2. The number of nitrogens with two attached hydrogens (primary N) is 1. The molecule has 3 heterocycles. The molecule has 1 aliphatic rings. The van der Waals surface area contributed by atoms with Crippen molar-refractivity contribution >= 4 is 22.8 Å². The Morgan fingerprint density at radius 3 is 2.60 bits per heavy atom. The number of carbonyl (C=O) groups is 1. The molecule has 0 aliphatic carbocycles. The van der Waals surface area contributed by atoms with Crippen molar-refractivity contribution in [3.8, 4) is 29.0 Å². The fraction of sp³-hybridized carbons (Fsp3) is 0.231. The van der Waals surface area contributed by atoms with E-state index < -0.39 is 0 Å². The number of hydrogen-bond donors (Lipinski definition) is 1. The van der Waals surface area contributed by atoms with Crippen molar-refractivity contribution in [1.82, 2.24) is 24.0 Å². The van der Waals surface area contributed by atoms with Crippen LogP contribution in [0.1, 0.15) is 19.4 Å². The minimum absolute atomic E-state index is 0.132. The van der Waals surface area contributed by atoms with Crippen LogP contribution >= 0.6 is 0 Å². The number of nitrogens with zero attached hydrogens (tertiary/aromatic N) is 5. The van der Waals surface area contributed by atoms with Crippen molar-refractivity contribution in [1.29, 1.82) is 0 Å². The molecule has 5 rings (SSSR count). The third kappa shape index (κ3) is 4.39. The number of aromatic nitrogens is 4. The number of para-hydroxylation sites is 1.